The van der Waals surface area contributed by atoms with Crippen molar-refractivity contribution in [3.8, 4) is 0 Å². The second-order valence-corrected chi connectivity index (χ2v) is 2.72. The van der Waals surface area contributed by atoms with Crippen molar-refractivity contribution in [2.24, 2.45) is 11.8 Å². The van der Waals surface area contributed by atoms with Crippen LogP contribution >= 0.6 is 0 Å². The molecule has 0 saturated carbocycles. The first kappa shape index (κ1) is 8.04. The van der Waals surface area contributed by atoms with Crippen LogP contribution < -0.4 is 5.32 Å². The van der Waals surface area contributed by atoms with Gasteiger partial charge >= 0.3 is 5.97 Å². The number of nitrogens with one attached hydrogen (secondary N) is 1. The van der Waals surface area contributed by atoms with Crippen molar-refractivity contribution in [2.45, 2.75) is 6.92 Å². The average Bonchev–Trinajstić information content (AvgIpc) is 2.30. The summed E-state index contributed by atoms with van der Waals surface area (Å²) in [4.78, 5) is 21.9. The zero-order valence-electron chi connectivity index (χ0n) is 6.59. The average molecular weight is 157 g/mol. The van der Waals surface area contributed by atoms with E-state index in [4.69, 9.17) is 0 Å². The van der Waals surface area contributed by atoms with Crippen molar-refractivity contribution in [1.29, 1.82) is 0 Å². The van der Waals surface area contributed by atoms with Crippen molar-refractivity contribution in [2.75, 3.05) is 13.7 Å². The molecule has 0 aromatic heterocycles. The number of hydrogen-bond acceptors (Lipinski definition) is 3. The molecule has 4 nitrogen and oxygen atoms in total. The summed E-state index contributed by atoms with van der Waals surface area (Å²) in [6.07, 6.45) is 0. The van der Waals surface area contributed by atoms with Crippen LogP contribution in [0.4, 0.5) is 0 Å². The molecule has 1 heterocycles. The van der Waals surface area contributed by atoms with Crippen LogP contribution in [0.3, 0.4) is 0 Å². The monoisotopic (exact) mass is 157 g/mol. The molecule has 1 N–H and O–H groups in total. The lowest BCUT2D eigenvalue weighted by Gasteiger charge is -2.07. The number of methoxy groups -OCH3 is 1. The van der Waals surface area contributed by atoms with Crippen molar-refractivity contribution in [3.05, 3.63) is 0 Å². The van der Waals surface area contributed by atoms with Crippen LogP contribution in [0.25, 0.3) is 0 Å². The summed E-state index contributed by atoms with van der Waals surface area (Å²) >= 11 is 0. The molecule has 2 atom stereocenters. The number of rotatable bonds is 1. The SMILES string of the molecule is COC(=O)C1C(=O)NCC1C. The molecular formula is C7H11NO3. The molecule has 2 unspecified atom stereocenters. The first-order valence-electron chi connectivity index (χ1n) is 3.52. The number of amides is 1. The molecule has 1 aliphatic rings. The van der Waals surface area contributed by atoms with E-state index in [2.05, 4.69) is 10.1 Å². The molecule has 11 heavy (non-hydrogen) atoms. The highest BCUT2D eigenvalue weighted by atomic mass is 16.5. The molecule has 1 rings (SSSR count). The minimum absolute atomic E-state index is 0.0509. The molecule has 1 aliphatic heterocycles. The molecule has 0 radical (unpaired) electrons. The van der Waals surface area contributed by atoms with Crippen LogP contribution in [0.1, 0.15) is 6.92 Å². The third-order valence-corrected chi connectivity index (χ3v) is 1.90. The van der Waals surface area contributed by atoms with Gasteiger partial charge in [-0.3, -0.25) is 9.59 Å². The Morgan fingerprint density at radius 1 is 1.73 bits per heavy atom. The molecule has 1 saturated heterocycles. The highest BCUT2D eigenvalue weighted by Gasteiger charge is 2.38. The normalized spacial score (nSPS) is 29.8. The molecule has 1 amide bonds. The summed E-state index contributed by atoms with van der Waals surface area (Å²) in [6.45, 7) is 2.41. The molecule has 0 aromatic carbocycles. The number of carbonyl (C=O) groups excluding carboxylic acids is 2. The first-order valence-corrected chi connectivity index (χ1v) is 3.52. The van der Waals surface area contributed by atoms with E-state index >= 15 is 0 Å². The van der Waals surface area contributed by atoms with E-state index in [1.54, 1.807) is 0 Å². The van der Waals surface area contributed by atoms with Gasteiger partial charge in [0.25, 0.3) is 0 Å². The lowest BCUT2D eigenvalue weighted by Crippen LogP contribution is -2.27. The fourth-order valence-electron chi connectivity index (χ4n) is 1.21. The van der Waals surface area contributed by atoms with Gasteiger partial charge in [0.1, 0.15) is 5.92 Å². The minimum Gasteiger partial charge on any atom is -0.468 e. The van der Waals surface area contributed by atoms with Gasteiger partial charge in [-0.1, -0.05) is 6.92 Å². The molecule has 4 heteroatoms. The smallest absolute Gasteiger partial charge is 0.318 e. The lowest BCUT2D eigenvalue weighted by molar-refractivity contribution is -0.149. The minimum atomic E-state index is -0.597. The maximum absolute atomic E-state index is 11.0. The van der Waals surface area contributed by atoms with Gasteiger partial charge < -0.3 is 10.1 Å². The third kappa shape index (κ3) is 1.34. The Hall–Kier alpha value is -1.06. The highest BCUT2D eigenvalue weighted by molar-refractivity contribution is 5.99. The van der Waals surface area contributed by atoms with E-state index in [0.717, 1.165) is 0 Å². The fraction of sp³-hybridized carbons (Fsp3) is 0.714. The van der Waals surface area contributed by atoms with E-state index in [0.29, 0.717) is 6.54 Å². The predicted molar refractivity (Wildman–Crippen MR) is 37.7 cm³/mol. The van der Waals surface area contributed by atoms with Crippen LogP contribution in [0, 0.1) is 11.8 Å². The van der Waals surface area contributed by atoms with Crippen LogP contribution in [-0.4, -0.2) is 25.5 Å². The Morgan fingerprint density at radius 3 is 2.73 bits per heavy atom. The van der Waals surface area contributed by atoms with E-state index in [1.807, 2.05) is 6.92 Å². The van der Waals surface area contributed by atoms with Gasteiger partial charge in [0.15, 0.2) is 0 Å². The van der Waals surface area contributed by atoms with Crippen molar-refractivity contribution >= 4 is 11.9 Å². The molecule has 0 aliphatic carbocycles. The number of ether oxygens (including phenoxy) is 1. The predicted octanol–water partition coefficient (Wildman–Crippen LogP) is -0.459. The largest absolute Gasteiger partial charge is 0.468 e. The van der Waals surface area contributed by atoms with Crippen LogP contribution in [0.5, 0.6) is 0 Å². The number of hydrogen-bond donors (Lipinski definition) is 1. The zero-order valence-corrected chi connectivity index (χ0v) is 6.59. The summed E-state index contributed by atoms with van der Waals surface area (Å²) in [5, 5.41) is 2.59. The van der Waals surface area contributed by atoms with Crippen molar-refractivity contribution in [3.63, 3.8) is 0 Å². The Morgan fingerprint density at radius 2 is 2.36 bits per heavy atom. The van der Waals surface area contributed by atoms with Gasteiger partial charge in [0.2, 0.25) is 5.91 Å². The molecule has 1 fully saturated rings. The first-order chi connectivity index (χ1) is 5.16. The maximum atomic E-state index is 11.0. The molecule has 0 aromatic rings. The van der Waals surface area contributed by atoms with Gasteiger partial charge in [0.05, 0.1) is 7.11 Å². The Balaban J connectivity index is 2.68. The Bertz CT molecular complexity index is 190. The number of carbonyl (C=O) groups is 2. The fourth-order valence-corrected chi connectivity index (χ4v) is 1.21. The third-order valence-electron chi connectivity index (χ3n) is 1.90. The Labute approximate surface area is 64.9 Å². The van der Waals surface area contributed by atoms with Crippen LogP contribution in [0.2, 0.25) is 0 Å². The van der Waals surface area contributed by atoms with Gasteiger partial charge in [-0.05, 0) is 5.92 Å². The standard InChI is InChI=1S/C7H11NO3/c1-4-3-8-6(9)5(4)7(10)11-2/h4-5H,3H2,1-2H3,(H,8,9). The van der Waals surface area contributed by atoms with E-state index in [1.165, 1.54) is 7.11 Å². The van der Waals surface area contributed by atoms with Crippen molar-refractivity contribution in [1.82, 2.24) is 5.32 Å². The summed E-state index contributed by atoms with van der Waals surface area (Å²) in [5.41, 5.74) is 0. The summed E-state index contributed by atoms with van der Waals surface area (Å²) < 4.78 is 4.48. The quantitative estimate of drug-likeness (QED) is 0.414. The van der Waals surface area contributed by atoms with Gasteiger partial charge in [-0.15, -0.1) is 0 Å². The van der Waals surface area contributed by atoms with Gasteiger partial charge in [-0.2, -0.15) is 0 Å². The lowest BCUT2D eigenvalue weighted by atomic mass is 9.98. The molecule has 0 spiro atoms. The van der Waals surface area contributed by atoms with E-state index < -0.39 is 11.9 Å². The molecule has 62 valence electrons. The Kier molecular flexibility index (Phi) is 2.12. The second-order valence-electron chi connectivity index (χ2n) is 2.72. The summed E-state index contributed by atoms with van der Waals surface area (Å²) in [5.74, 6) is -1.20. The second kappa shape index (κ2) is 2.90. The molecular weight excluding hydrogens is 146 g/mol. The van der Waals surface area contributed by atoms with E-state index in [-0.39, 0.29) is 11.8 Å². The highest BCUT2D eigenvalue weighted by Crippen LogP contribution is 2.17. The van der Waals surface area contributed by atoms with Gasteiger partial charge in [0, 0.05) is 6.54 Å². The van der Waals surface area contributed by atoms with Crippen LogP contribution in [-0.2, 0) is 14.3 Å². The van der Waals surface area contributed by atoms with E-state index in [9.17, 15) is 9.59 Å². The molecule has 0 bridgehead atoms. The van der Waals surface area contributed by atoms with Crippen molar-refractivity contribution < 1.29 is 14.3 Å². The summed E-state index contributed by atoms with van der Waals surface area (Å²) in [7, 11) is 1.29. The number of esters is 1. The summed E-state index contributed by atoms with van der Waals surface area (Å²) in [6, 6.07) is 0. The van der Waals surface area contributed by atoms with Gasteiger partial charge in [-0.25, -0.2) is 0 Å². The zero-order chi connectivity index (χ0) is 8.43. The van der Waals surface area contributed by atoms with Crippen LogP contribution in [0.15, 0.2) is 0 Å². The topological polar surface area (TPSA) is 55.4 Å². The maximum Gasteiger partial charge on any atom is 0.318 e.